The van der Waals surface area contributed by atoms with Crippen LogP contribution in [0.1, 0.15) is 77.7 Å². The molecule has 2 atom stereocenters. The molecule has 0 aromatic heterocycles. The lowest BCUT2D eigenvalue weighted by molar-refractivity contribution is -0.131. The molecule has 1 saturated carbocycles. The van der Waals surface area contributed by atoms with Crippen LogP contribution in [-0.4, -0.2) is 87.7 Å². The summed E-state index contributed by atoms with van der Waals surface area (Å²) in [6.45, 7) is 8.24. The van der Waals surface area contributed by atoms with E-state index in [1.807, 2.05) is 38.6 Å². The molecule has 1 aromatic rings. The summed E-state index contributed by atoms with van der Waals surface area (Å²) < 4.78 is 5.55. The maximum absolute atomic E-state index is 13.6. The predicted octanol–water partition coefficient (Wildman–Crippen LogP) is 5.27. The first-order chi connectivity index (χ1) is 20.2. The van der Waals surface area contributed by atoms with Crippen LogP contribution in [-0.2, 0) is 20.9 Å². The number of benzene rings is 1. The molecule has 3 fully saturated rings. The van der Waals surface area contributed by atoms with Crippen molar-refractivity contribution < 1.29 is 19.1 Å². The molecule has 8 nitrogen and oxygen atoms in total. The summed E-state index contributed by atoms with van der Waals surface area (Å²) in [5.74, 6) is 3.22. The Kier molecular flexibility index (Phi) is 12.8. The van der Waals surface area contributed by atoms with Crippen LogP contribution in [0.4, 0.5) is 4.79 Å². The molecular weight excluding hydrogens is 569 g/mol. The second-order valence-electron chi connectivity index (χ2n) is 12.9. The molecule has 4 rings (SSSR count). The van der Waals surface area contributed by atoms with Gasteiger partial charge in [-0.05, 0) is 75.9 Å². The van der Waals surface area contributed by atoms with Gasteiger partial charge in [-0.3, -0.25) is 19.4 Å². The number of likely N-dealkylation sites (tertiary alicyclic amines) is 1. The van der Waals surface area contributed by atoms with Crippen molar-refractivity contribution in [3.05, 3.63) is 35.9 Å². The SMILES string of the molecule is CC(C)(C)OC(=O)N1CSC[C@H]1C(=O)N[C@@H](CCSCC1CCCCC1)C(=O)NC1CCN(Cc2ccccc2)CC1. The molecule has 3 amide bonds. The third kappa shape index (κ3) is 10.7. The highest BCUT2D eigenvalue weighted by atomic mass is 32.2. The first-order valence-corrected chi connectivity index (χ1v) is 18.0. The van der Waals surface area contributed by atoms with E-state index >= 15 is 0 Å². The Morgan fingerprint density at radius 3 is 2.45 bits per heavy atom. The van der Waals surface area contributed by atoms with Crippen molar-refractivity contribution in [1.82, 2.24) is 20.4 Å². The van der Waals surface area contributed by atoms with Crippen molar-refractivity contribution in [3.8, 4) is 0 Å². The molecule has 234 valence electrons. The highest BCUT2D eigenvalue weighted by molar-refractivity contribution is 7.99. The molecule has 0 spiro atoms. The van der Waals surface area contributed by atoms with E-state index in [-0.39, 0.29) is 17.9 Å². The summed E-state index contributed by atoms with van der Waals surface area (Å²) >= 11 is 3.43. The van der Waals surface area contributed by atoms with Crippen LogP contribution >= 0.6 is 23.5 Å². The average molecular weight is 619 g/mol. The first kappa shape index (κ1) is 33.0. The van der Waals surface area contributed by atoms with E-state index < -0.39 is 23.8 Å². The molecule has 0 unspecified atom stereocenters. The lowest BCUT2D eigenvalue weighted by Crippen LogP contribution is -2.56. The fraction of sp³-hybridized carbons (Fsp3) is 0.719. The fourth-order valence-electron chi connectivity index (χ4n) is 5.88. The Morgan fingerprint density at radius 2 is 1.76 bits per heavy atom. The molecule has 0 radical (unpaired) electrons. The van der Waals surface area contributed by atoms with E-state index in [4.69, 9.17) is 4.74 Å². The third-order valence-electron chi connectivity index (χ3n) is 8.26. The second kappa shape index (κ2) is 16.2. The summed E-state index contributed by atoms with van der Waals surface area (Å²) in [6.07, 6.45) is 8.47. The van der Waals surface area contributed by atoms with Gasteiger partial charge in [0.25, 0.3) is 0 Å². The molecule has 1 aromatic carbocycles. The van der Waals surface area contributed by atoms with Crippen LogP contribution < -0.4 is 10.6 Å². The van der Waals surface area contributed by atoms with Gasteiger partial charge in [-0.2, -0.15) is 11.8 Å². The van der Waals surface area contributed by atoms with Crippen molar-refractivity contribution >= 4 is 41.4 Å². The van der Waals surface area contributed by atoms with Crippen LogP contribution in [0.25, 0.3) is 0 Å². The number of hydrogen-bond donors (Lipinski definition) is 2. The molecular formula is C32H50N4O4S2. The van der Waals surface area contributed by atoms with Crippen LogP contribution in [0.15, 0.2) is 30.3 Å². The minimum Gasteiger partial charge on any atom is -0.444 e. The van der Waals surface area contributed by atoms with Crippen LogP contribution in [0.5, 0.6) is 0 Å². The zero-order chi connectivity index (χ0) is 30.0. The van der Waals surface area contributed by atoms with Gasteiger partial charge in [0, 0.05) is 31.4 Å². The van der Waals surface area contributed by atoms with Gasteiger partial charge in [0.15, 0.2) is 0 Å². The standard InChI is InChI=1S/C32H50N4O4S2/c1-32(2,3)40-31(39)36-23-42-22-28(36)30(38)34-27(16-19-41-21-25-12-8-5-9-13-25)29(37)33-26-14-17-35(18-15-26)20-24-10-6-4-7-11-24/h4,6-7,10-11,25-28H,5,8-9,12-23H2,1-3H3,(H,33,37)(H,34,38)/t27-,28-/m0/s1. The Hall–Kier alpha value is -1.91. The number of piperidine rings is 1. The minimum absolute atomic E-state index is 0.0964. The summed E-state index contributed by atoms with van der Waals surface area (Å²) in [5.41, 5.74) is 0.666. The lowest BCUT2D eigenvalue weighted by Gasteiger charge is -2.33. The largest absolute Gasteiger partial charge is 0.444 e. The molecule has 2 N–H and O–H groups in total. The van der Waals surface area contributed by atoms with Crippen molar-refractivity contribution in [2.45, 2.75) is 102 Å². The smallest absolute Gasteiger partial charge is 0.411 e. The van der Waals surface area contributed by atoms with Gasteiger partial charge in [0.05, 0.1) is 5.88 Å². The second-order valence-corrected chi connectivity index (χ2v) is 15.1. The number of rotatable bonds is 11. The van der Waals surface area contributed by atoms with Crippen molar-refractivity contribution in [3.63, 3.8) is 0 Å². The monoisotopic (exact) mass is 618 g/mol. The van der Waals surface area contributed by atoms with E-state index in [1.54, 1.807) is 0 Å². The minimum atomic E-state index is -0.642. The Balaban J connectivity index is 1.31. The van der Waals surface area contributed by atoms with Gasteiger partial charge in [0.1, 0.15) is 17.7 Å². The lowest BCUT2D eigenvalue weighted by atomic mass is 9.91. The van der Waals surface area contributed by atoms with E-state index in [1.165, 1.54) is 54.3 Å². The number of hydrogen-bond acceptors (Lipinski definition) is 7. The zero-order valence-corrected chi connectivity index (χ0v) is 27.3. The van der Waals surface area contributed by atoms with E-state index in [0.29, 0.717) is 18.1 Å². The molecule has 3 aliphatic rings. The van der Waals surface area contributed by atoms with Gasteiger partial charge >= 0.3 is 6.09 Å². The van der Waals surface area contributed by atoms with Crippen molar-refractivity contribution in [2.75, 3.05) is 36.2 Å². The van der Waals surface area contributed by atoms with Gasteiger partial charge < -0.3 is 15.4 Å². The fourth-order valence-corrected chi connectivity index (χ4v) is 8.26. The Morgan fingerprint density at radius 1 is 1.05 bits per heavy atom. The highest BCUT2D eigenvalue weighted by Crippen LogP contribution is 2.27. The molecule has 1 aliphatic carbocycles. The molecule has 2 aliphatic heterocycles. The third-order valence-corrected chi connectivity index (χ3v) is 10.5. The quantitative estimate of drug-likeness (QED) is 0.327. The first-order valence-electron chi connectivity index (χ1n) is 15.7. The molecule has 42 heavy (non-hydrogen) atoms. The number of thioether (sulfide) groups is 2. The van der Waals surface area contributed by atoms with Crippen LogP contribution in [0, 0.1) is 5.92 Å². The van der Waals surface area contributed by atoms with Gasteiger partial charge in [-0.15, -0.1) is 11.8 Å². The molecule has 2 heterocycles. The Bertz CT molecular complexity index is 1010. The Labute approximate surface area is 260 Å². The highest BCUT2D eigenvalue weighted by Gasteiger charge is 2.38. The normalized spacial score (nSPS) is 21.6. The summed E-state index contributed by atoms with van der Waals surface area (Å²) in [4.78, 5) is 43.7. The summed E-state index contributed by atoms with van der Waals surface area (Å²) in [5, 5.41) is 6.29. The number of ether oxygens (including phenoxy) is 1. The molecule has 0 bridgehead atoms. The summed E-state index contributed by atoms with van der Waals surface area (Å²) in [7, 11) is 0. The van der Waals surface area contributed by atoms with Crippen LogP contribution in [0.3, 0.4) is 0 Å². The van der Waals surface area contributed by atoms with E-state index in [2.05, 4.69) is 39.8 Å². The maximum Gasteiger partial charge on any atom is 0.411 e. The zero-order valence-electron chi connectivity index (χ0n) is 25.6. The summed E-state index contributed by atoms with van der Waals surface area (Å²) in [6, 6.07) is 9.32. The van der Waals surface area contributed by atoms with E-state index in [0.717, 1.165) is 49.9 Å². The van der Waals surface area contributed by atoms with Crippen LogP contribution in [0.2, 0.25) is 0 Å². The van der Waals surface area contributed by atoms with Gasteiger partial charge in [0.2, 0.25) is 11.8 Å². The van der Waals surface area contributed by atoms with Gasteiger partial charge in [-0.25, -0.2) is 4.79 Å². The number of nitrogens with one attached hydrogen (secondary N) is 2. The maximum atomic E-state index is 13.6. The topological polar surface area (TPSA) is 91.0 Å². The van der Waals surface area contributed by atoms with Gasteiger partial charge in [-0.1, -0.05) is 49.6 Å². The number of carbonyl (C=O) groups is 3. The van der Waals surface area contributed by atoms with Crippen molar-refractivity contribution in [2.24, 2.45) is 5.92 Å². The average Bonchev–Trinajstić information content (AvgIpc) is 3.47. The van der Waals surface area contributed by atoms with Crippen molar-refractivity contribution in [1.29, 1.82) is 0 Å². The number of nitrogens with zero attached hydrogens (tertiary/aromatic N) is 2. The number of amides is 3. The number of carbonyl (C=O) groups excluding carboxylic acids is 3. The molecule has 2 saturated heterocycles. The molecule has 10 heteroatoms. The van der Waals surface area contributed by atoms with E-state index in [9.17, 15) is 14.4 Å². The predicted molar refractivity (Wildman–Crippen MR) is 173 cm³/mol.